The van der Waals surface area contributed by atoms with Crippen molar-refractivity contribution >= 4 is 23.3 Å². The predicted octanol–water partition coefficient (Wildman–Crippen LogP) is 6.58. The molecule has 3 aromatic rings. The lowest BCUT2D eigenvalue weighted by Crippen LogP contribution is -2.45. The number of amides is 1. The first-order chi connectivity index (χ1) is 15.7. The normalized spacial score (nSPS) is 17.2. The number of fused-ring (bicyclic) bond motifs is 1. The summed E-state index contributed by atoms with van der Waals surface area (Å²) >= 11 is 6.27. The van der Waals surface area contributed by atoms with Gasteiger partial charge in [-0.2, -0.15) is 5.10 Å². The minimum atomic E-state index is -0.482. The van der Waals surface area contributed by atoms with Crippen molar-refractivity contribution in [2.75, 3.05) is 5.32 Å². The van der Waals surface area contributed by atoms with Crippen LogP contribution in [0.5, 0.6) is 0 Å². The average Bonchev–Trinajstić information content (AvgIpc) is 3.25. The number of rotatable bonds is 6. The van der Waals surface area contributed by atoms with Gasteiger partial charge in [0.25, 0.3) is 5.91 Å². The van der Waals surface area contributed by atoms with Gasteiger partial charge in [-0.3, -0.25) is 4.79 Å². The number of hydrogen-bond acceptors (Lipinski definition) is 3. The molecule has 1 aromatic heterocycles. The molecule has 1 aliphatic rings. The number of halogens is 1. The van der Waals surface area contributed by atoms with Crippen molar-refractivity contribution < 1.29 is 4.79 Å². The Kier molecular flexibility index (Phi) is 6.28. The average molecular weight is 465 g/mol. The van der Waals surface area contributed by atoms with Gasteiger partial charge >= 0.3 is 0 Å². The van der Waals surface area contributed by atoms with Gasteiger partial charge in [0, 0.05) is 5.02 Å². The lowest BCUT2D eigenvalue weighted by atomic mass is 9.83. The summed E-state index contributed by atoms with van der Waals surface area (Å²) in [6, 6.07) is 16.5. The van der Waals surface area contributed by atoms with Crippen molar-refractivity contribution in [3.63, 3.8) is 0 Å². The van der Waals surface area contributed by atoms with Gasteiger partial charge in [-0.25, -0.2) is 4.68 Å². The fourth-order valence-corrected chi connectivity index (χ4v) is 5.05. The molecule has 1 aliphatic heterocycles. The highest BCUT2D eigenvalue weighted by Crippen LogP contribution is 2.40. The van der Waals surface area contributed by atoms with Crippen molar-refractivity contribution in [3.8, 4) is 0 Å². The summed E-state index contributed by atoms with van der Waals surface area (Å²) in [5.41, 5.74) is 3.15. The Hall–Kier alpha value is -2.79. The van der Waals surface area contributed by atoms with Crippen molar-refractivity contribution in [2.24, 2.45) is 0 Å². The van der Waals surface area contributed by atoms with Crippen molar-refractivity contribution in [3.05, 3.63) is 82.0 Å². The molecule has 4 rings (SSSR count). The summed E-state index contributed by atoms with van der Waals surface area (Å²) in [4.78, 5) is 13.7. The summed E-state index contributed by atoms with van der Waals surface area (Å²) in [6.45, 7) is 10.5. The first-order valence-corrected chi connectivity index (χ1v) is 12.1. The third kappa shape index (κ3) is 4.26. The molecule has 33 heavy (non-hydrogen) atoms. The summed E-state index contributed by atoms with van der Waals surface area (Å²) in [7, 11) is 0. The fourth-order valence-electron chi connectivity index (χ4n) is 4.94. The standard InChI is InChI=1S/C27H33ClN4O/c1-6-27(7-2,20-13-14-22(28)18(3)15-20)31-25(33)21-17-29-32-24(21)30-23(16-26(32,4)5)19-11-9-8-10-12-19/h8-15,17,23,30H,6-7,16H2,1-5H3,(H,31,33). The van der Waals surface area contributed by atoms with Crippen LogP contribution >= 0.6 is 11.6 Å². The van der Waals surface area contributed by atoms with Crippen LogP contribution in [-0.4, -0.2) is 15.7 Å². The van der Waals surface area contributed by atoms with Crippen LogP contribution in [0.15, 0.2) is 54.7 Å². The van der Waals surface area contributed by atoms with E-state index < -0.39 is 5.54 Å². The van der Waals surface area contributed by atoms with Crippen LogP contribution in [0.4, 0.5) is 5.82 Å². The number of carbonyl (C=O) groups excluding carboxylic acids is 1. The van der Waals surface area contributed by atoms with Gasteiger partial charge in [0.1, 0.15) is 11.4 Å². The summed E-state index contributed by atoms with van der Waals surface area (Å²) in [5, 5.41) is 12.3. The molecule has 0 spiro atoms. The van der Waals surface area contributed by atoms with Crippen molar-refractivity contribution in [2.45, 2.75) is 71.0 Å². The number of benzene rings is 2. The number of nitrogens with one attached hydrogen (secondary N) is 2. The molecule has 0 aliphatic carbocycles. The van der Waals surface area contributed by atoms with Crippen LogP contribution in [-0.2, 0) is 11.1 Å². The number of aromatic nitrogens is 2. The molecule has 2 N–H and O–H groups in total. The molecule has 0 saturated heterocycles. The Morgan fingerprint density at radius 2 is 1.91 bits per heavy atom. The highest BCUT2D eigenvalue weighted by Gasteiger charge is 2.38. The second kappa shape index (κ2) is 8.86. The molecule has 2 heterocycles. The Balaban J connectivity index is 1.68. The molecule has 6 heteroatoms. The van der Waals surface area contributed by atoms with Crippen molar-refractivity contribution in [1.29, 1.82) is 0 Å². The van der Waals surface area contributed by atoms with E-state index in [1.165, 1.54) is 5.56 Å². The van der Waals surface area contributed by atoms with E-state index in [1.54, 1.807) is 6.20 Å². The lowest BCUT2D eigenvalue weighted by molar-refractivity contribution is 0.0890. The molecular weight excluding hydrogens is 432 g/mol. The maximum Gasteiger partial charge on any atom is 0.257 e. The zero-order valence-electron chi connectivity index (χ0n) is 20.1. The number of hydrogen-bond donors (Lipinski definition) is 2. The van der Waals surface area contributed by atoms with E-state index in [9.17, 15) is 4.79 Å². The topological polar surface area (TPSA) is 59.0 Å². The van der Waals surface area contributed by atoms with E-state index in [-0.39, 0.29) is 17.5 Å². The number of carbonyl (C=O) groups is 1. The second-order valence-corrected chi connectivity index (χ2v) is 10.1. The summed E-state index contributed by atoms with van der Waals surface area (Å²) in [6.07, 6.45) is 4.11. The summed E-state index contributed by atoms with van der Waals surface area (Å²) in [5.74, 6) is 0.649. The van der Waals surface area contributed by atoms with Crippen molar-refractivity contribution in [1.82, 2.24) is 15.1 Å². The molecule has 2 aromatic carbocycles. The van der Waals surface area contributed by atoms with Gasteiger partial charge in [0.05, 0.1) is 23.3 Å². The molecule has 0 bridgehead atoms. The van der Waals surface area contributed by atoms with Crippen LogP contribution < -0.4 is 10.6 Å². The summed E-state index contributed by atoms with van der Waals surface area (Å²) < 4.78 is 1.95. The van der Waals surface area contributed by atoms with E-state index in [4.69, 9.17) is 11.6 Å². The van der Waals surface area contributed by atoms with Crippen LogP contribution in [0.25, 0.3) is 0 Å². The smallest absolute Gasteiger partial charge is 0.257 e. The third-order valence-electron chi connectivity index (χ3n) is 7.07. The molecular formula is C27H33ClN4O. The Morgan fingerprint density at radius 1 is 1.21 bits per heavy atom. The third-order valence-corrected chi connectivity index (χ3v) is 7.50. The highest BCUT2D eigenvalue weighted by atomic mass is 35.5. The van der Waals surface area contributed by atoms with Crippen LogP contribution in [0, 0.1) is 6.92 Å². The number of anilines is 1. The molecule has 1 unspecified atom stereocenters. The van der Waals surface area contributed by atoms with E-state index >= 15 is 0 Å². The first kappa shape index (κ1) is 23.4. The van der Waals surface area contributed by atoms with Gasteiger partial charge in [0.2, 0.25) is 0 Å². The minimum absolute atomic E-state index is 0.109. The fraction of sp³-hybridized carbons (Fsp3) is 0.407. The molecule has 0 fully saturated rings. The minimum Gasteiger partial charge on any atom is -0.363 e. The van der Waals surface area contributed by atoms with Crippen LogP contribution in [0.2, 0.25) is 5.02 Å². The second-order valence-electron chi connectivity index (χ2n) is 9.65. The SMILES string of the molecule is CCC(CC)(NC(=O)c1cnn2c1NC(c1ccccc1)CC2(C)C)c1ccc(Cl)c(C)c1. The van der Waals surface area contributed by atoms with Gasteiger partial charge in [-0.1, -0.05) is 67.9 Å². The zero-order valence-corrected chi connectivity index (χ0v) is 20.8. The Morgan fingerprint density at radius 3 is 2.55 bits per heavy atom. The van der Waals surface area contributed by atoms with E-state index in [0.29, 0.717) is 5.56 Å². The maximum atomic E-state index is 13.7. The molecule has 1 amide bonds. The highest BCUT2D eigenvalue weighted by molar-refractivity contribution is 6.31. The quantitative estimate of drug-likeness (QED) is 0.433. The Bertz CT molecular complexity index is 1150. The predicted molar refractivity (Wildman–Crippen MR) is 135 cm³/mol. The van der Waals surface area contributed by atoms with E-state index in [2.05, 4.69) is 73.8 Å². The maximum absolute atomic E-state index is 13.7. The number of aryl methyl sites for hydroxylation is 1. The molecule has 174 valence electrons. The molecule has 0 saturated carbocycles. The van der Waals surface area contributed by atoms with Crippen LogP contribution in [0.3, 0.4) is 0 Å². The molecule has 0 radical (unpaired) electrons. The van der Waals surface area contributed by atoms with E-state index in [1.807, 2.05) is 29.8 Å². The zero-order chi connectivity index (χ0) is 23.8. The van der Waals surface area contributed by atoms with E-state index in [0.717, 1.165) is 41.2 Å². The first-order valence-electron chi connectivity index (χ1n) is 11.7. The van der Waals surface area contributed by atoms with Gasteiger partial charge < -0.3 is 10.6 Å². The molecule has 1 atom stereocenters. The van der Waals surface area contributed by atoms with Gasteiger partial charge in [-0.05, 0) is 62.8 Å². The van der Waals surface area contributed by atoms with Crippen LogP contribution in [0.1, 0.15) is 80.0 Å². The van der Waals surface area contributed by atoms with Gasteiger partial charge in [-0.15, -0.1) is 0 Å². The Labute approximate surface area is 201 Å². The largest absolute Gasteiger partial charge is 0.363 e. The number of nitrogens with zero attached hydrogens (tertiary/aromatic N) is 2. The molecule has 5 nitrogen and oxygen atoms in total. The lowest BCUT2D eigenvalue weighted by Gasteiger charge is -2.39. The van der Waals surface area contributed by atoms with Gasteiger partial charge in [0.15, 0.2) is 0 Å². The monoisotopic (exact) mass is 464 g/mol.